The van der Waals surface area contributed by atoms with Crippen LogP contribution in [0.2, 0.25) is 0 Å². The molecular formula is C29H24F3N3O7S2. The lowest BCUT2D eigenvalue weighted by Gasteiger charge is -2.16. The van der Waals surface area contributed by atoms with E-state index >= 15 is 0 Å². The van der Waals surface area contributed by atoms with Crippen LogP contribution >= 0.6 is 0 Å². The largest absolute Gasteiger partial charge is 0.573 e. The molecule has 2 aromatic heterocycles. The number of anilines is 1. The number of hydrogen-bond acceptors (Lipinski definition) is 8. The highest BCUT2D eigenvalue weighted by Gasteiger charge is 2.31. The summed E-state index contributed by atoms with van der Waals surface area (Å²) in [4.78, 5) is 15.5. The maximum Gasteiger partial charge on any atom is 0.573 e. The summed E-state index contributed by atoms with van der Waals surface area (Å²) in [7, 11) is -7.73. The molecule has 0 saturated carbocycles. The van der Waals surface area contributed by atoms with Crippen LogP contribution in [0.4, 0.5) is 18.9 Å². The molecule has 10 nitrogen and oxygen atoms in total. The number of aromatic amines is 1. The zero-order valence-corrected chi connectivity index (χ0v) is 24.7. The van der Waals surface area contributed by atoms with Gasteiger partial charge >= 0.3 is 6.36 Å². The Morgan fingerprint density at radius 1 is 0.886 bits per heavy atom. The first kappa shape index (κ1) is 30.7. The van der Waals surface area contributed by atoms with Crippen molar-refractivity contribution in [2.24, 2.45) is 0 Å². The number of fused-ring (bicyclic) bond motifs is 1. The molecule has 0 aliphatic rings. The van der Waals surface area contributed by atoms with Gasteiger partial charge in [0.1, 0.15) is 22.8 Å². The Labute approximate surface area is 249 Å². The van der Waals surface area contributed by atoms with Crippen LogP contribution in [0.5, 0.6) is 17.2 Å². The van der Waals surface area contributed by atoms with Gasteiger partial charge in [0.25, 0.3) is 5.56 Å². The molecule has 0 saturated heterocycles. The van der Waals surface area contributed by atoms with E-state index in [4.69, 9.17) is 4.74 Å². The van der Waals surface area contributed by atoms with Crippen LogP contribution < -0.4 is 20.3 Å². The van der Waals surface area contributed by atoms with Gasteiger partial charge in [0.2, 0.25) is 10.0 Å². The smallest absolute Gasteiger partial charge is 0.457 e. The molecule has 0 radical (unpaired) electrons. The van der Waals surface area contributed by atoms with Crippen molar-refractivity contribution in [1.82, 2.24) is 8.96 Å². The number of pyridine rings is 1. The van der Waals surface area contributed by atoms with Crippen molar-refractivity contribution >= 4 is 36.5 Å². The number of ether oxygens (including phenoxy) is 2. The van der Waals surface area contributed by atoms with Gasteiger partial charge in [-0.3, -0.25) is 4.79 Å². The van der Waals surface area contributed by atoms with E-state index in [1.165, 1.54) is 42.6 Å². The molecule has 2 N–H and O–H groups in total. The first-order valence-corrected chi connectivity index (χ1v) is 16.5. The number of H-pyrrole nitrogens is 1. The number of alkyl halides is 3. The summed E-state index contributed by atoms with van der Waals surface area (Å²) < 4.78 is 98.2. The van der Waals surface area contributed by atoms with Crippen molar-refractivity contribution in [3.63, 3.8) is 0 Å². The SMILES string of the molecule is CS(=O)(=O)c1ccc(Oc2cccc(NCc3cccc(OC(F)(F)F)c3)c2)c(-c2cn(S(C)(=O)=O)c(=O)c3[nH]ccc23)c1. The number of aromatic nitrogens is 2. The quantitative estimate of drug-likeness (QED) is 0.214. The topological polar surface area (TPSA) is 137 Å². The van der Waals surface area contributed by atoms with Crippen molar-refractivity contribution in [3.05, 3.63) is 101 Å². The molecule has 2 heterocycles. The Morgan fingerprint density at radius 3 is 2.32 bits per heavy atom. The average molecular weight is 648 g/mol. The number of nitrogens with zero attached hydrogens (tertiary/aromatic N) is 1. The number of halogens is 3. The van der Waals surface area contributed by atoms with Crippen molar-refractivity contribution in [3.8, 4) is 28.4 Å². The Kier molecular flexibility index (Phi) is 7.94. The summed E-state index contributed by atoms with van der Waals surface area (Å²) in [5, 5.41) is 3.44. The number of nitrogens with one attached hydrogen (secondary N) is 2. The van der Waals surface area contributed by atoms with Gasteiger partial charge in [-0.05, 0) is 54.1 Å². The van der Waals surface area contributed by atoms with E-state index in [-0.39, 0.29) is 39.6 Å². The maximum absolute atomic E-state index is 12.9. The van der Waals surface area contributed by atoms with Gasteiger partial charge in [-0.25, -0.2) is 20.8 Å². The monoisotopic (exact) mass is 647 g/mol. The Bertz CT molecular complexity index is 2160. The second-order valence-corrected chi connectivity index (χ2v) is 13.7. The fraction of sp³-hybridized carbons (Fsp3) is 0.138. The summed E-state index contributed by atoms with van der Waals surface area (Å²) in [5.41, 5.74) is 0.703. The molecule has 0 fully saturated rings. The summed E-state index contributed by atoms with van der Waals surface area (Å²) in [6, 6.07) is 17.8. The van der Waals surface area contributed by atoms with Crippen molar-refractivity contribution in [2.45, 2.75) is 17.8 Å². The van der Waals surface area contributed by atoms with Crippen LogP contribution in [0.25, 0.3) is 22.0 Å². The van der Waals surface area contributed by atoms with E-state index in [1.807, 2.05) is 0 Å². The third kappa shape index (κ3) is 6.89. The molecule has 0 aliphatic heterocycles. The highest BCUT2D eigenvalue weighted by Crippen LogP contribution is 2.38. The van der Waals surface area contributed by atoms with E-state index < -0.39 is 31.8 Å². The van der Waals surface area contributed by atoms with Gasteiger partial charge in [0.15, 0.2) is 9.84 Å². The first-order valence-electron chi connectivity index (χ1n) is 12.7. The van der Waals surface area contributed by atoms with Gasteiger partial charge in [-0.1, -0.05) is 18.2 Å². The van der Waals surface area contributed by atoms with Crippen LogP contribution in [0.15, 0.2) is 94.9 Å². The molecule has 5 rings (SSSR count). The Balaban J connectivity index is 1.51. The highest BCUT2D eigenvalue weighted by atomic mass is 32.2. The van der Waals surface area contributed by atoms with E-state index in [9.17, 15) is 34.8 Å². The van der Waals surface area contributed by atoms with Crippen LogP contribution in [0.3, 0.4) is 0 Å². The fourth-order valence-electron chi connectivity index (χ4n) is 4.48. The molecular weight excluding hydrogens is 623 g/mol. The van der Waals surface area contributed by atoms with Crippen molar-refractivity contribution in [1.29, 1.82) is 0 Å². The minimum absolute atomic E-state index is 0.000431. The standard InChI is InChI=1S/C29H24F3N3O7S2/c1-43(37,38)22-9-10-26(24(15-22)25-17-35(44(2,39)40)28(36)27-23(25)11-12-33-27)41-20-7-4-6-19(14-20)34-16-18-5-3-8-21(13-18)42-29(30,31)32/h3-15,17,33-34H,16H2,1-2H3. The van der Waals surface area contributed by atoms with Crippen molar-refractivity contribution < 1.29 is 39.5 Å². The first-order chi connectivity index (χ1) is 20.6. The predicted octanol–water partition coefficient (Wildman–Crippen LogP) is 5.51. The molecule has 0 bridgehead atoms. The van der Waals surface area contributed by atoms with Gasteiger partial charge < -0.3 is 19.8 Å². The molecule has 5 aromatic rings. The van der Waals surface area contributed by atoms with E-state index in [2.05, 4.69) is 15.0 Å². The molecule has 15 heteroatoms. The minimum atomic E-state index is -4.81. The summed E-state index contributed by atoms with van der Waals surface area (Å²) in [6.07, 6.45) is -0.337. The van der Waals surface area contributed by atoms with E-state index in [0.717, 1.165) is 18.7 Å². The van der Waals surface area contributed by atoms with Crippen LogP contribution in [0, 0.1) is 0 Å². The lowest BCUT2D eigenvalue weighted by Crippen LogP contribution is -2.26. The highest BCUT2D eigenvalue weighted by molar-refractivity contribution is 7.90. The summed E-state index contributed by atoms with van der Waals surface area (Å²) in [6.45, 7) is 0.158. The number of sulfone groups is 1. The summed E-state index contributed by atoms with van der Waals surface area (Å²) >= 11 is 0. The lowest BCUT2D eigenvalue weighted by molar-refractivity contribution is -0.274. The zero-order chi connectivity index (χ0) is 31.9. The van der Waals surface area contributed by atoms with Gasteiger partial charge in [-0.2, -0.15) is 0 Å². The summed E-state index contributed by atoms with van der Waals surface area (Å²) in [5.74, 6) is 0.115. The minimum Gasteiger partial charge on any atom is -0.457 e. The van der Waals surface area contributed by atoms with Crippen LogP contribution in [-0.2, 0) is 26.4 Å². The zero-order valence-electron chi connectivity index (χ0n) is 23.0. The second kappa shape index (κ2) is 11.4. The Morgan fingerprint density at radius 2 is 1.61 bits per heavy atom. The van der Waals surface area contributed by atoms with Gasteiger partial charge in [0.05, 0.1) is 11.2 Å². The molecule has 0 unspecified atom stereocenters. The van der Waals surface area contributed by atoms with Gasteiger partial charge in [-0.15, -0.1) is 13.2 Å². The predicted molar refractivity (Wildman–Crippen MR) is 158 cm³/mol. The average Bonchev–Trinajstić information content (AvgIpc) is 3.42. The molecule has 0 amide bonds. The lowest BCUT2D eigenvalue weighted by atomic mass is 10.0. The van der Waals surface area contributed by atoms with E-state index in [1.54, 1.807) is 36.4 Å². The molecule has 0 aliphatic carbocycles. The van der Waals surface area contributed by atoms with E-state index in [0.29, 0.717) is 26.4 Å². The van der Waals surface area contributed by atoms with Crippen molar-refractivity contribution in [2.75, 3.05) is 17.8 Å². The normalized spacial score (nSPS) is 12.3. The second-order valence-electron chi connectivity index (χ2n) is 9.78. The van der Waals surface area contributed by atoms with Crippen LogP contribution in [-0.4, -0.2) is 44.7 Å². The molecule has 0 spiro atoms. The fourth-order valence-corrected chi connectivity index (χ4v) is 5.82. The third-order valence-electron chi connectivity index (χ3n) is 6.41. The molecule has 44 heavy (non-hydrogen) atoms. The molecule has 0 atom stereocenters. The number of hydrogen-bond donors (Lipinski definition) is 2. The molecule has 230 valence electrons. The van der Waals surface area contributed by atoms with Crippen LogP contribution in [0.1, 0.15) is 5.56 Å². The third-order valence-corrected chi connectivity index (χ3v) is 8.51. The number of rotatable bonds is 9. The maximum atomic E-state index is 12.9. The Hall–Kier alpha value is -4.76. The van der Waals surface area contributed by atoms with Gasteiger partial charge in [0, 0.05) is 53.5 Å². The number of benzene rings is 3. The molecule has 3 aromatic carbocycles.